The van der Waals surface area contributed by atoms with E-state index in [1.165, 1.54) is 0 Å². The summed E-state index contributed by atoms with van der Waals surface area (Å²) in [5, 5.41) is 0. The normalized spacial score (nSPS) is 14.3. The molecule has 116 valence electrons. The molecule has 2 rings (SSSR count). The van der Waals surface area contributed by atoms with Gasteiger partial charge in [0, 0.05) is 20.1 Å². The maximum atomic E-state index is 12.2. The smallest absolute Gasteiger partial charge is 0.242 e. The average molecular weight is 291 g/mol. The number of ether oxygens (including phenoxy) is 1. The highest BCUT2D eigenvalue weighted by atomic mass is 16.5. The molecule has 0 bridgehead atoms. The van der Waals surface area contributed by atoms with Crippen molar-refractivity contribution in [1.29, 1.82) is 0 Å². The van der Waals surface area contributed by atoms with Crippen LogP contribution < -0.4 is 15.4 Å². The fourth-order valence-corrected chi connectivity index (χ4v) is 2.56. The Hall–Kier alpha value is -1.91. The fraction of sp³-hybridized carbons (Fsp3) is 0.562. The molecule has 1 saturated heterocycles. The highest BCUT2D eigenvalue weighted by molar-refractivity contribution is 5.84. The number of nitrogens with zero attached hydrogens (tertiary/aromatic N) is 2. The number of rotatable bonds is 6. The van der Waals surface area contributed by atoms with Crippen molar-refractivity contribution in [2.24, 2.45) is 0 Å². The van der Waals surface area contributed by atoms with E-state index in [-0.39, 0.29) is 5.91 Å². The monoisotopic (exact) mass is 291 g/mol. The van der Waals surface area contributed by atoms with Crippen molar-refractivity contribution in [3.05, 3.63) is 18.2 Å². The highest BCUT2D eigenvalue weighted by Crippen LogP contribution is 2.31. The van der Waals surface area contributed by atoms with Gasteiger partial charge in [-0.2, -0.15) is 0 Å². The van der Waals surface area contributed by atoms with Gasteiger partial charge in [-0.1, -0.05) is 13.0 Å². The summed E-state index contributed by atoms with van der Waals surface area (Å²) in [5.41, 5.74) is 7.61. The first-order valence-electron chi connectivity index (χ1n) is 7.63. The van der Waals surface area contributed by atoms with Gasteiger partial charge in [-0.05, 0) is 31.4 Å². The first-order chi connectivity index (χ1) is 10.1. The van der Waals surface area contributed by atoms with Crippen molar-refractivity contribution in [2.45, 2.75) is 26.2 Å². The molecule has 1 aliphatic rings. The Labute approximate surface area is 126 Å². The molecule has 5 heteroatoms. The minimum atomic E-state index is 0.161. The quantitative estimate of drug-likeness (QED) is 0.816. The Bertz CT molecular complexity index is 484. The van der Waals surface area contributed by atoms with Crippen LogP contribution in [0, 0.1) is 0 Å². The lowest BCUT2D eigenvalue weighted by Gasteiger charge is -2.24. The van der Waals surface area contributed by atoms with Gasteiger partial charge in [0.15, 0.2) is 0 Å². The molecule has 1 aromatic rings. The van der Waals surface area contributed by atoms with Gasteiger partial charge < -0.3 is 20.3 Å². The molecule has 1 aliphatic heterocycles. The summed E-state index contributed by atoms with van der Waals surface area (Å²) in [7, 11) is 1.89. The predicted octanol–water partition coefficient (Wildman–Crippen LogP) is 2.12. The standard InChI is InChI=1S/C16H25N3O2/c1-3-11-21-14-8-6-7-13(16(14)17)18(2)12-15(20)19-9-4-5-10-19/h6-8H,3-5,9-12,17H2,1-2H3. The number of hydrogen-bond acceptors (Lipinski definition) is 4. The molecule has 1 aromatic carbocycles. The van der Waals surface area contributed by atoms with Crippen LogP contribution in [0.25, 0.3) is 0 Å². The van der Waals surface area contributed by atoms with E-state index in [1.807, 2.05) is 35.0 Å². The summed E-state index contributed by atoms with van der Waals surface area (Å²) in [4.78, 5) is 16.0. The molecule has 21 heavy (non-hydrogen) atoms. The van der Waals surface area contributed by atoms with E-state index < -0.39 is 0 Å². The predicted molar refractivity (Wildman–Crippen MR) is 85.7 cm³/mol. The number of carbonyl (C=O) groups excluding carboxylic acids is 1. The maximum absolute atomic E-state index is 12.2. The number of para-hydroxylation sites is 1. The van der Waals surface area contributed by atoms with E-state index in [0.29, 0.717) is 24.6 Å². The molecule has 0 spiro atoms. The third-order valence-corrected chi connectivity index (χ3v) is 3.75. The van der Waals surface area contributed by atoms with E-state index in [9.17, 15) is 4.79 Å². The lowest BCUT2D eigenvalue weighted by Crippen LogP contribution is -2.37. The molecule has 0 aromatic heterocycles. The lowest BCUT2D eigenvalue weighted by atomic mass is 10.2. The van der Waals surface area contributed by atoms with Crippen LogP contribution in [0.15, 0.2) is 18.2 Å². The molecule has 0 atom stereocenters. The molecular formula is C16H25N3O2. The number of benzene rings is 1. The average Bonchev–Trinajstić information content (AvgIpc) is 3.00. The van der Waals surface area contributed by atoms with Crippen LogP contribution in [0.4, 0.5) is 11.4 Å². The topological polar surface area (TPSA) is 58.8 Å². The second kappa shape index (κ2) is 7.20. The Morgan fingerprint density at radius 1 is 1.38 bits per heavy atom. The molecular weight excluding hydrogens is 266 g/mol. The number of nitrogens with two attached hydrogens (primary N) is 1. The summed E-state index contributed by atoms with van der Waals surface area (Å²) in [6.45, 7) is 4.80. The largest absolute Gasteiger partial charge is 0.491 e. The summed E-state index contributed by atoms with van der Waals surface area (Å²) >= 11 is 0. The molecule has 1 heterocycles. The molecule has 2 N–H and O–H groups in total. The van der Waals surface area contributed by atoms with Crippen LogP contribution >= 0.6 is 0 Å². The molecule has 0 radical (unpaired) electrons. The zero-order chi connectivity index (χ0) is 15.2. The van der Waals surface area contributed by atoms with Gasteiger partial charge in [0.1, 0.15) is 5.75 Å². The maximum Gasteiger partial charge on any atom is 0.242 e. The molecule has 1 fully saturated rings. The number of likely N-dealkylation sites (N-methyl/N-ethyl adjacent to an activating group) is 1. The van der Waals surface area contributed by atoms with E-state index in [2.05, 4.69) is 6.92 Å². The zero-order valence-electron chi connectivity index (χ0n) is 13.0. The molecule has 1 amide bonds. The summed E-state index contributed by atoms with van der Waals surface area (Å²) in [5.74, 6) is 0.851. The van der Waals surface area contributed by atoms with E-state index in [4.69, 9.17) is 10.5 Å². The van der Waals surface area contributed by atoms with Crippen molar-refractivity contribution in [3.63, 3.8) is 0 Å². The Kier molecular flexibility index (Phi) is 5.31. The third kappa shape index (κ3) is 3.80. The van der Waals surface area contributed by atoms with Crippen LogP contribution in [-0.4, -0.2) is 44.1 Å². The molecule has 0 unspecified atom stereocenters. The summed E-state index contributed by atoms with van der Waals surface area (Å²) in [6, 6.07) is 5.70. The molecule has 0 saturated carbocycles. The van der Waals surface area contributed by atoms with Gasteiger partial charge in [-0.15, -0.1) is 0 Å². The van der Waals surface area contributed by atoms with Crippen LogP contribution in [0.1, 0.15) is 26.2 Å². The van der Waals surface area contributed by atoms with Gasteiger partial charge in [0.2, 0.25) is 5.91 Å². The van der Waals surface area contributed by atoms with Crippen molar-refractivity contribution in [2.75, 3.05) is 43.9 Å². The first kappa shape index (κ1) is 15.5. The minimum Gasteiger partial charge on any atom is -0.491 e. The Morgan fingerprint density at radius 2 is 2.10 bits per heavy atom. The first-order valence-corrected chi connectivity index (χ1v) is 7.63. The van der Waals surface area contributed by atoms with Crippen LogP contribution in [0.5, 0.6) is 5.75 Å². The van der Waals surface area contributed by atoms with E-state index in [0.717, 1.165) is 38.0 Å². The van der Waals surface area contributed by atoms with Gasteiger partial charge >= 0.3 is 0 Å². The molecule has 5 nitrogen and oxygen atoms in total. The zero-order valence-corrected chi connectivity index (χ0v) is 13.0. The minimum absolute atomic E-state index is 0.161. The van der Waals surface area contributed by atoms with Crippen molar-refractivity contribution in [3.8, 4) is 5.75 Å². The number of carbonyl (C=O) groups is 1. The van der Waals surface area contributed by atoms with Gasteiger partial charge in [-0.3, -0.25) is 4.79 Å². The number of anilines is 2. The van der Waals surface area contributed by atoms with Crippen molar-refractivity contribution < 1.29 is 9.53 Å². The number of hydrogen-bond donors (Lipinski definition) is 1. The van der Waals surface area contributed by atoms with Gasteiger partial charge in [0.05, 0.1) is 24.5 Å². The van der Waals surface area contributed by atoms with Crippen molar-refractivity contribution >= 4 is 17.3 Å². The van der Waals surface area contributed by atoms with Crippen molar-refractivity contribution in [1.82, 2.24) is 4.90 Å². The van der Waals surface area contributed by atoms with Crippen LogP contribution in [-0.2, 0) is 4.79 Å². The summed E-state index contributed by atoms with van der Waals surface area (Å²) < 4.78 is 5.63. The number of likely N-dealkylation sites (tertiary alicyclic amines) is 1. The Balaban J connectivity index is 2.04. The number of amides is 1. The van der Waals surface area contributed by atoms with Crippen LogP contribution in [0.3, 0.4) is 0 Å². The number of nitrogen functional groups attached to an aromatic ring is 1. The highest BCUT2D eigenvalue weighted by Gasteiger charge is 2.20. The fourth-order valence-electron chi connectivity index (χ4n) is 2.56. The lowest BCUT2D eigenvalue weighted by molar-refractivity contribution is -0.128. The van der Waals surface area contributed by atoms with Gasteiger partial charge in [-0.25, -0.2) is 0 Å². The van der Waals surface area contributed by atoms with E-state index in [1.54, 1.807) is 0 Å². The SMILES string of the molecule is CCCOc1cccc(N(C)CC(=O)N2CCCC2)c1N. The van der Waals surface area contributed by atoms with Crippen LogP contribution in [0.2, 0.25) is 0 Å². The van der Waals surface area contributed by atoms with E-state index >= 15 is 0 Å². The second-order valence-corrected chi connectivity index (χ2v) is 5.48. The molecule has 0 aliphatic carbocycles. The Morgan fingerprint density at radius 3 is 2.76 bits per heavy atom. The second-order valence-electron chi connectivity index (χ2n) is 5.48. The third-order valence-electron chi connectivity index (χ3n) is 3.75. The van der Waals surface area contributed by atoms with Gasteiger partial charge in [0.25, 0.3) is 0 Å². The summed E-state index contributed by atoms with van der Waals surface area (Å²) in [6.07, 6.45) is 3.16.